The molecular formula is C12H3N3O2. The van der Waals surface area contributed by atoms with Crippen LogP contribution >= 0.6 is 0 Å². The standard InChI is InChI=1S/C12H3N3O2/c13-4-8-1-7-2-10(6-15)12(16)17-11(7)3-9(8)5-14/h1-3H. The lowest BCUT2D eigenvalue weighted by Gasteiger charge is -1.99. The fourth-order valence-electron chi connectivity index (χ4n) is 1.43. The first-order chi connectivity index (χ1) is 8.19. The van der Waals surface area contributed by atoms with Crippen LogP contribution in [0.5, 0.6) is 0 Å². The number of benzene rings is 1. The first kappa shape index (κ1) is 10.4. The Kier molecular flexibility index (Phi) is 2.33. The third-order valence-corrected chi connectivity index (χ3v) is 2.23. The molecule has 2 aromatic rings. The van der Waals surface area contributed by atoms with E-state index in [1.807, 2.05) is 12.1 Å². The molecule has 0 fully saturated rings. The quantitative estimate of drug-likeness (QED) is 0.625. The molecule has 0 bridgehead atoms. The van der Waals surface area contributed by atoms with E-state index in [0.29, 0.717) is 5.39 Å². The summed E-state index contributed by atoms with van der Waals surface area (Å²) in [6.07, 6.45) is 0. The predicted octanol–water partition coefficient (Wildman–Crippen LogP) is 1.41. The summed E-state index contributed by atoms with van der Waals surface area (Å²) in [5, 5.41) is 26.8. The molecule has 0 aliphatic heterocycles. The predicted molar refractivity (Wildman–Crippen MR) is 56.6 cm³/mol. The van der Waals surface area contributed by atoms with Gasteiger partial charge in [-0.1, -0.05) is 0 Å². The maximum atomic E-state index is 11.3. The Labute approximate surface area is 95.4 Å². The normalized spacial score (nSPS) is 9.24. The zero-order valence-corrected chi connectivity index (χ0v) is 8.39. The molecule has 0 saturated heterocycles. The molecule has 0 amide bonds. The lowest BCUT2D eigenvalue weighted by molar-refractivity contribution is 0.558. The molecule has 1 aromatic heterocycles. The summed E-state index contributed by atoms with van der Waals surface area (Å²) in [6, 6.07) is 9.47. The van der Waals surface area contributed by atoms with Crippen molar-refractivity contribution >= 4 is 11.0 Å². The number of rotatable bonds is 0. The second-order valence-electron chi connectivity index (χ2n) is 3.22. The van der Waals surface area contributed by atoms with Crippen molar-refractivity contribution in [3.05, 3.63) is 45.3 Å². The minimum Gasteiger partial charge on any atom is -0.422 e. The molecule has 1 aromatic carbocycles. The molecule has 0 aliphatic rings. The second kappa shape index (κ2) is 3.81. The fraction of sp³-hybridized carbons (Fsp3) is 0. The summed E-state index contributed by atoms with van der Waals surface area (Å²) in [5.41, 5.74) is -0.394. The van der Waals surface area contributed by atoms with Gasteiger partial charge in [-0.25, -0.2) is 4.79 Å². The largest absolute Gasteiger partial charge is 0.422 e. The van der Waals surface area contributed by atoms with Crippen molar-refractivity contribution in [2.45, 2.75) is 0 Å². The topological polar surface area (TPSA) is 102 Å². The van der Waals surface area contributed by atoms with Crippen LogP contribution in [-0.2, 0) is 0 Å². The minimum atomic E-state index is -0.756. The van der Waals surface area contributed by atoms with Crippen LogP contribution in [0.15, 0.2) is 27.4 Å². The summed E-state index contributed by atoms with van der Waals surface area (Å²) in [6.45, 7) is 0. The van der Waals surface area contributed by atoms with Crippen molar-refractivity contribution in [3.8, 4) is 18.2 Å². The van der Waals surface area contributed by atoms with Crippen LogP contribution in [0.25, 0.3) is 11.0 Å². The molecule has 5 heteroatoms. The van der Waals surface area contributed by atoms with Gasteiger partial charge < -0.3 is 4.42 Å². The van der Waals surface area contributed by atoms with Crippen LogP contribution in [-0.4, -0.2) is 0 Å². The highest BCUT2D eigenvalue weighted by Gasteiger charge is 2.09. The first-order valence-corrected chi connectivity index (χ1v) is 4.52. The molecule has 0 saturated carbocycles. The van der Waals surface area contributed by atoms with E-state index in [9.17, 15) is 4.79 Å². The van der Waals surface area contributed by atoms with Gasteiger partial charge in [0.05, 0.1) is 11.1 Å². The van der Waals surface area contributed by atoms with Crippen LogP contribution in [0.2, 0.25) is 0 Å². The summed E-state index contributed by atoms with van der Waals surface area (Å²) in [4.78, 5) is 11.3. The van der Waals surface area contributed by atoms with Crippen molar-refractivity contribution in [1.29, 1.82) is 15.8 Å². The highest BCUT2D eigenvalue weighted by molar-refractivity contribution is 5.81. The summed E-state index contributed by atoms with van der Waals surface area (Å²) in [5.74, 6) is 0. The zero-order chi connectivity index (χ0) is 12.4. The van der Waals surface area contributed by atoms with Gasteiger partial charge >= 0.3 is 5.63 Å². The molecule has 0 N–H and O–H groups in total. The molecule has 5 nitrogen and oxygen atoms in total. The van der Waals surface area contributed by atoms with Gasteiger partial charge in [-0.05, 0) is 12.1 Å². The van der Waals surface area contributed by atoms with E-state index in [1.165, 1.54) is 18.2 Å². The fourth-order valence-corrected chi connectivity index (χ4v) is 1.43. The Balaban J connectivity index is 2.92. The monoisotopic (exact) mass is 221 g/mol. The van der Waals surface area contributed by atoms with Gasteiger partial charge in [-0.2, -0.15) is 15.8 Å². The molecule has 0 spiro atoms. The molecule has 0 atom stereocenters. The number of hydrogen-bond donors (Lipinski definition) is 0. The molecule has 78 valence electrons. The van der Waals surface area contributed by atoms with Gasteiger partial charge in [-0.15, -0.1) is 0 Å². The van der Waals surface area contributed by atoms with E-state index < -0.39 is 5.63 Å². The summed E-state index contributed by atoms with van der Waals surface area (Å²) < 4.78 is 4.89. The van der Waals surface area contributed by atoms with Crippen LogP contribution in [0, 0.1) is 34.0 Å². The lowest BCUT2D eigenvalue weighted by Crippen LogP contribution is -2.03. The third kappa shape index (κ3) is 1.61. The van der Waals surface area contributed by atoms with Crippen LogP contribution in [0.1, 0.15) is 16.7 Å². The van der Waals surface area contributed by atoms with Gasteiger partial charge in [0.15, 0.2) is 0 Å². The Morgan fingerprint density at radius 1 is 0.882 bits per heavy atom. The molecule has 0 unspecified atom stereocenters. The smallest absolute Gasteiger partial charge is 0.354 e. The van der Waals surface area contributed by atoms with Gasteiger partial charge in [0.1, 0.15) is 29.4 Å². The Morgan fingerprint density at radius 2 is 1.41 bits per heavy atom. The number of nitrogens with zero attached hydrogens (tertiary/aromatic N) is 3. The van der Waals surface area contributed by atoms with Gasteiger partial charge in [0.2, 0.25) is 0 Å². The van der Waals surface area contributed by atoms with Crippen molar-refractivity contribution in [2.75, 3.05) is 0 Å². The van der Waals surface area contributed by atoms with Gasteiger partial charge in [0.25, 0.3) is 0 Å². The van der Waals surface area contributed by atoms with Crippen LogP contribution < -0.4 is 5.63 Å². The van der Waals surface area contributed by atoms with Crippen molar-refractivity contribution in [3.63, 3.8) is 0 Å². The van der Waals surface area contributed by atoms with E-state index >= 15 is 0 Å². The second-order valence-corrected chi connectivity index (χ2v) is 3.22. The Hall–Kier alpha value is -3.10. The first-order valence-electron chi connectivity index (χ1n) is 4.52. The number of hydrogen-bond acceptors (Lipinski definition) is 5. The number of nitriles is 3. The lowest BCUT2D eigenvalue weighted by atomic mass is 10.1. The minimum absolute atomic E-state index is 0.132. The van der Waals surface area contributed by atoms with E-state index in [4.69, 9.17) is 20.2 Å². The Bertz CT molecular complexity index is 798. The molecule has 1 heterocycles. The SMILES string of the molecule is N#Cc1cc2cc(C#N)c(=O)oc2cc1C#N. The van der Waals surface area contributed by atoms with Gasteiger partial charge in [-0.3, -0.25) is 0 Å². The Morgan fingerprint density at radius 3 is 2.00 bits per heavy atom. The molecule has 0 aliphatic carbocycles. The average molecular weight is 221 g/mol. The maximum absolute atomic E-state index is 11.3. The van der Waals surface area contributed by atoms with Crippen molar-refractivity contribution < 1.29 is 4.42 Å². The highest BCUT2D eigenvalue weighted by Crippen LogP contribution is 2.18. The van der Waals surface area contributed by atoms with Crippen LogP contribution in [0.3, 0.4) is 0 Å². The zero-order valence-electron chi connectivity index (χ0n) is 8.39. The molecule has 2 rings (SSSR count). The van der Waals surface area contributed by atoms with E-state index in [1.54, 1.807) is 6.07 Å². The van der Waals surface area contributed by atoms with Crippen molar-refractivity contribution in [1.82, 2.24) is 0 Å². The molecule has 17 heavy (non-hydrogen) atoms. The highest BCUT2D eigenvalue weighted by atomic mass is 16.4. The van der Waals surface area contributed by atoms with E-state index in [0.717, 1.165) is 0 Å². The molecular weight excluding hydrogens is 218 g/mol. The number of fused-ring (bicyclic) bond motifs is 1. The summed E-state index contributed by atoms with van der Waals surface area (Å²) in [7, 11) is 0. The average Bonchev–Trinajstić information content (AvgIpc) is 2.36. The van der Waals surface area contributed by atoms with Gasteiger partial charge in [0, 0.05) is 11.5 Å². The van der Waals surface area contributed by atoms with E-state index in [-0.39, 0.29) is 22.3 Å². The third-order valence-electron chi connectivity index (χ3n) is 2.23. The molecule has 0 radical (unpaired) electrons. The van der Waals surface area contributed by atoms with Crippen molar-refractivity contribution in [2.24, 2.45) is 0 Å². The summed E-state index contributed by atoms with van der Waals surface area (Å²) >= 11 is 0. The van der Waals surface area contributed by atoms with Crippen LogP contribution in [0.4, 0.5) is 0 Å². The maximum Gasteiger partial charge on any atom is 0.354 e. The van der Waals surface area contributed by atoms with E-state index in [2.05, 4.69) is 0 Å².